The maximum absolute atomic E-state index is 12.6. The van der Waals surface area contributed by atoms with Crippen LogP contribution >= 0.6 is 0 Å². The molecule has 0 bridgehead atoms. The van der Waals surface area contributed by atoms with E-state index in [9.17, 15) is 9.59 Å². The molecule has 1 aliphatic rings. The summed E-state index contributed by atoms with van der Waals surface area (Å²) >= 11 is 0. The first kappa shape index (κ1) is 20.4. The minimum absolute atomic E-state index is 0.0774. The number of para-hydroxylation sites is 1. The molecule has 5 heteroatoms. The lowest BCUT2D eigenvalue weighted by Crippen LogP contribution is -2.49. The molecule has 1 saturated heterocycles. The van der Waals surface area contributed by atoms with E-state index in [1.54, 1.807) is 0 Å². The van der Waals surface area contributed by atoms with E-state index in [0.29, 0.717) is 24.9 Å². The number of rotatable bonds is 6. The summed E-state index contributed by atoms with van der Waals surface area (Å²) in [5.74, 6) is 0.318. The van der Waals surface area contributed by atoms with Gasteiger partial charge in [0.25, 0.3) is 0 Å². The number of carbonyl (C=O) groups is 2. The maximum atomic E-state index is 12.6. The van der Waals surface area contributed by atoms with Crippen molar-refractivity contribution in [1.29, 1.82) is 0 Å². The van der Waals surface area contributed by atoms with Gasteiger partial charge in [-0.2, -0.15) is 0 Å². The van der Waals surface area contributed by atoms with Crippen LogP contribution in [0.2, 0.25) is 0 Å². The first-order valence-corrected chi connectivity index (χ1v) is 9.76. The van der Waals surface area contributed by atoms with Gasteiger partial charge in [0.1, 0.15) is 6.42 Å². The first-order valence-electron chi connectivity index (χ1n) is 9.76. The molecule has 0 spiro atoms. The molecule has 0 saturated carbocycles. The zero-order valence-electron chi connectivity index (χ0n) is 16.8. The number of anilines is 1. The Kier molecular flexibility index (Phi) is 7.21. The van der Waals surface area contributed by atoms with Crippen LogP contribution in [0.25, 0.3) is 0 Å². The maximum Gasteiger partial charge on any atom is 0.233 e. The average molecular weight is 360 g/mol. The molecule has 26 heavy (non-hydrogen) atoms. The fourth-order valence-corrected chi connectivity index (χ4v) is 3.44. The van der Waals surface area contributed by atoms with Crippen LogP contribution in [-0.4, -0.2) is 54.3 Å². The molecule has 1 aliphatic heterocycles. The molecule has 0 unspecified atom stereocenters. The molecule has 0 aliphatic carbocycles. The Morgan fingerprint density at radius 1 is 1.00 bits per heavy atom. The summed E-state index contributed by atoms with van der Waals surface area (Å²) in [7, 11) is 0. The molecule has 2 rings (SSSR count). The Hall–Kier alpha value is -1.88. The van der Waals surface area contributed by atoms with Crippen LogP contribution in [0.3, 0.4) is 0 Å². The van der Waals surface area contributed by atoms with Crippen LogP contribution in [0.15, 0.2) is 18.2 Å². The van der Waals surface area contributed by atoms with Crippen LogP contribution in [0.1, 0.15) is 64.0 Å². The summed E-state index contributed by atoms with van der Waals surface area (Å²) in [6.45, 7) is 14.8. The van der Waals surface area contributed by atoms with Gasteiger partial charge in [-0.05, 0) is 29.5 Å². The number of benzene rings is 1. The van der Waals surface area contributed by atoms with Gasteiger partial charge in [-0.15, -0.1) is 0 Å². The van der Waals surface area contributed by atoms with Crippen LogP contribution in [0.4, 0.5) is 5.69 Å². The Morgan fingerprint density at radius 3 is 2.00 bits per heavy atom. The molecule has 1 N–H and O–H groups in total. The van der Waals surface area contributed by atoms with E-state index < -0.39 is 0 Å². The zero-order chi connectivity index (χ0) is 19.3. The van der Waals surface area contributed by atoms with E-state index in [4.69, 9.17) is 0 Å². The number of carbonyl (C=O) groups excluding carboxylic acids is 2. The summed E-state index contributed by atoms with van der Waals surface area (Å²) in [5.41, 5.74) is 3.12. The molecule has 0 radical (unpaired) electrons. The lowest BCUT2D eigenvalue weighted by molar-refractivity contribution is -0.136. The minimum atomic E-state index is -0.220. The predicted molar refractivity (Wildman–Crippen MR) is 107 cm³/mol. The number of likely N-dealkylation sites (N-methyl/N-ethyl adjacent to an activating group) is 1. The second-order valence-electron chi connectivity index (χ2n) is 7.66. The standard InChI is InChI=1S/C21H33N3O2/c1-6-23-10-12-24(13-11-23)20(26)14-19(25)22-21-17(15(2)3)8-7-9-18(21)16(4)5/h7-9,15-16H,6,10-14H2,1-5H3,(H,22,25). The lowest BCUT2D eigenvalue weighted by atomic mass is 9.92. The van der Waals surface area contributed by atoms with Crippen LogP contribution in [-0.2, 0) is 9.59 Å². The van der Waals surface area contributed by atoms with Gasteiger partial charge in [-0.3, -0.25) is 9.59 Å². The van der Waals surface area contributed by atoms with Crippen molar-refractivity contribution in [3.63, 3.8) is 0 Å². The third kappa shape index (κ3) is 5.07. The van der Waals surface area contributed by atoms with Gasteiger partial charge in [0.15, 0.2) is 0 Å². The Morgan fingerprint density at radius 2 is 1.54 bits per heavy atom. The van der Waals surface area contributed by atoms with Crippen molar-refractivity contribution in [3.05, 3.63) is 29.3 Å². The van der Waals surface area contributed by atoms with Crippen molar-refractivity contribution in [3.8, 4) is 0 Å². The number of nitrogens with one attached hydrogen (secondary N) is 1. The van der Waals surface area contributed by atoms with E-state index in [1.807, 2.05) is 11.0 Å². The summed E-state index contributed by atoms with van der Waals surface area (Å²) in [6.07, 6.45) is -0.0872. The molecule has 1 heterocycles. The van der Waals surface area contributed by atoms with E-state index >= 15 is 0 Å². The van der Waals surface area contributed by atoms with E-state index in [1.165, 1.54) is 0 Å². The van der Waals surface area contributed by atoms with E-state index in [0.717, 1.165) is 36.4 Å². The van der Waals surface area contributed by atoms with Crippen LogP contribution in [0.5, 0.6) is 0 Å². The summed E-state index contributed by atoms with van der Waals surface area (Å²) in [5, 5.41) is 3.03. The van der Waals surface area contributed by atoms with Crippen molar-refractivity contribution in [2.75, 3.05) is 38.0 Å². The molecule has 1 aromatic rings. The van der Waals surface area contributed by atoms with Gasteiger partial charge in [-0.25, -0.2) is 0 Å². The zero-order valence-corrected chi connectivity index (χ0v) is 16.8. The van der Waals surface area contributed by atoms with E-state index in [2.05, 4.69) is 57.0 Å². The topological polar surface area (TPSA) is 52.7 Å². The van der Waals surface area contributed by atoms with Crippen LogP contribution in [0, 0.1) is 0 Å². The van der Waals surface area contributed by atoms with Crippen molar-refractivity contribution < 1.29 is 9.59 Å². The largest absolute Gasteiger partial charge is 0.340 e. The molecule has 1 aromatic carbocycles. The first-order chi connectivity index (χ1) is 12.3. The molecular weight excluding hydrogens is 326 g/mol. The van der Waals surface area contributed by atoms with Gasteiger partial charge in [-0.1, -0.05) is 52.8 Å². The van der Waals surface area contributed by atoms with Crippen molar-refractivity contribution in [1.82, 2.24) is 9.80 Å². The van der Waals surface area contributed by atoms with Gasteiger partial charge in [0, 0.05) is 31.9 Å². The third-order valence-electron chi connectivity index (χ3n) is 5.12. The number of hydrogen-bond donors (Lipinski definition) is 1. The number of piperazine rings is 1. The monoisotopic (exact) mass is 359 g/mol. The van der Waals surface area contributed by atoms with Crippen LogP contribution < -0.4 is 5.32 Å². The highest BCUT2D eigenvalue weighted by atomic mass is 16.2. The van der Waals surface area contributed by atoms with Gasteiger partial charge >= 0.3 is 0 Å². The Balaban J connectivity index is 2.05. The molecule has 2 amide bonds. The number of amides is 2. The predicted octanol–water partition coefficient (Wildman–Crippen LogP) is 3.43. The quantitative estimate of drug-likeness (QED) is 0.792. The highest BCUT2D eigenvalue weighted by molar-refractivity contribution is 6.04. The van der Waals surface area contributed by atoms with Crippen molar-refractivity contribution in [2.24, 2.45) is 0 Å². The number of nitrogens with zero attached hydrogens (tertiary/aromatic N) is 2. The highest BCUT2D eigenvalue weighted by Crippen LogP contribution is 2.32. The fraction of sp³-hybridized carbons (Fsp3) is 0.619. The van der Waals surface area contributed by atoms with Gasteiger partial charge in [0.2, 0.25) is 11.8 Å². The molecule has 1 fully saturated rings. The molecule has 0 atom stereocenters. The smallest absolute Gasteiger partial charge is 0.233 e. The second-order valence-corrected chi connectivity index (χ2v) is 7.66. The van der Waals surface area contributed by atoms with Gasteiger partial charge in [0.05, 0.1) is 0 Å². The average Bonchev–Trinajstić information content (AvgIpc) is 2.61. The number of hydrogen-bond acceptors (Lipinski definition) is 3. The highest BCUT2D eigenvalue weighted by Gasteiger charge is 2.23. The fourth-order valence-electron chi connectivity index (χ4n) is 3.44. The summed E-state index contributed by atoms with van der Waals surface area (Å²) < 4.78 is 0. The minimum Gasteiger partial charge on any atom is -0.340 e. The third-order valence-corrected chi connectivity index (χ3v) is 5.12. The molecule has 0 aromatic heterocycles. The lowest BCUT2D eigenvalue weighted by Gasteiger charge is -2.34. The molecule has 5 nitrogen and oxygen atoms in total. The molecule has 144 valence electrons. The molecular formula is C21H33N3O2. The van der Waals surface area contributed by atoms with E-state index in [-0.39, 0.29) is 18.2 Å². The summed E-state index contributed by atoms with van der Waals surface area (Å²) in [6, 6.07) is 6.15. The van der Waals surface area contributed by atoms with Crippen molar-refractivity contribution >= 4 is 17.5 Å². The SMILES string of the molecule is CCN1CCN(C(=O)CC(=O)Nc2c(C(C)C)cccc2C(C)C)CC1. The summed E-state index contributed by atoms with van der Waals surface area (Å²) in [4.78, 5) is 29.2. The Labute approximate surface area is 157 Å². The normalized spacial score (nSPS) is 15.6. The van der Waals surface area contributed by atoms with Crippen molar-refractivity contribution in [2.45, 2.75) is 52.9 Å². The second kappa shape index (κ2) is 9.17. The Bertz CT molecular complexity index is 606. The van der Waals surface area contributed by atoms with Gasteiger partial charge < -0.3 is 15.1 Å².